The van der Waals surface area contributed by atoms with E-state index in [-0.39, 0.29) is 5.75 Å². The molecule has 0 saturated carbocycles. The van der Waals surface area contributed by atoms with E-state index >= 15 is 0 Å². The number of rotatable bonds is 3. The highest BCUT2D eigenvalue weighted by Crippen LogP contribution is 2.40. The zero-order valence-electron chi connectivity index (χ0n) is 10.0. The average molecular weight is 250 g/mol. The van der Waals surface area contributed by atoms with Crippen molar-refractivity contribution in [2.75, 3.05) is 14.2 Å². The average Bonchev–Trinajstić information content (AvgIpc) is 2.38. The van der Waals surface area contributed by atoms with Crippen LogP contribution in [-0.4, -0.2) is 14.2 Å². The van der Waals surface area contributed by atoms with Crippen molar-refractivity contribution in [2.24, 2.45) is 0 Å². The van der Waals surface area contributed by atoms with E-state index in [1.54, 1.807) is 12.1 Å². The van der Waals surface area contributed by atoms with E-state index in [0.717, 1.165) is 0 Å². The van der Waals surface area contributed by atoms with Gasteiger partial charge in [0.25, 0.3) is 0 Å². The van der Waals surface area contributed by atoms with Gasteiger partial charge in [0.2, 0.25) is 0 Å². The van der Waals surface area contributed by atoms with Gasteiger partial charge in [-0.15, -0.1) is 0 Å². The van der Waals surface area contributed by atoms with Crippen LogP contribution in [0.25, 0.3) is 11.1 Å². The van der Waals surface area contributed by atoms with Gasteiger partial charge in [0.15, 0.2) is 11.6 Å². The van der Waals surface area contributed by atoms with Crippen molar-refractivity contribution in [1.29, 1.82) is 0 Å². The lowest BCUT2D eigenvalue weighted by Gasteiger charge is -2.14. The maximum atomic E-state index is 13.7. The normalized spacial score (nSPS) is 10.2. The van der Waals surface area contributed by atoms with Crippen molar-refractivity contribution in [3.8, 4) is 22.6 Å². The lowest BCUT2D eigenvalue weighted by Crippen LogP contribution is -1.96. The van der Waals surface area contributed by atoms with Crippen LogP contribution in [0.4, 0.5) is 8.78 Å². The summed E-state index contributed by atoms with van der Waals surface area (Å²) in [7, 11) is 2.83. The van der Waals surface area contributed by atoms with Crippen molar-refractivity contribution in [1.82, 2.24) is 0 Å². The van der Waals surface area contributed by atoms with Crippen molar-refractivity contribution in [2.45, 2.75) is 0 Å². The van der Waals surface area contributed by atoms with Crippen LogP contribution >= 0.6 is 0 Å². The molecule has 0 heterocycles. The maximum Gasteiger partial charge on any atom is 0.166 e. The quantitative estimate of drug-likeness (QED) is 0.827. The zero-order chi connectivity index (χ0) is 13.1. The summed E-state index contributed by atoms with van der Waals surface area (Å²) in [6, 6.07) is 8.58. The predicted molar refractivity (Wildman–Crippen MR) is 64.9 cm³/mol. The summed E-state index contributed by atoms with van der Waals surface area (Å²) in [6.45, 7) is 0. The maximum absolute atomic E-state index is 13.7. The molecule has 0 aliphatic carbocycles. The smallest absolute Gasteiger partial charge is 0.166 e. The summed E-state index contributed by atoms with van der Waals surface area (Å²) < 4.78 is 37.1. The van der Waals surface area contributed by atoms with Gasteiger partial charge in [-0.2, -0.15) is 0 Å². The summed E-state index contributed by atoms with van der Waals surface area (Å²) >= 11 is 0. The number of methoxy groups -OCH3 is 2. The molecule has 0 aliphatic heterocycles. The minimum absolute atomic E-state index is 0.0416. The fourth-order valence-electron chi connectivity index (χ4n) is 1.83. The Labute approximate surface area is 104 Å². The molecule has 0 N–H and O–H groups in total. The Morgan fingerprint density at radius 1 is 0.944 bits per heavy atom. The summed E-state index contributed by atoms with van der Waals surface area (Å²) in [5.41, 5.74) is 0.905. The monoisotopic (exact) mass is 250 g/mol. The molecule has 4 heteroatoms. The second-order valence-electron chi connectivity index (χ2n) is 3.67. The largest absolute Gasteiger partial charge is 0.496 e. The first kappa shape index (κ1) is 12.4. The number of hydrogen-bond acceptors (Lipinski definition) is 2. The second kappa shape index (κ2) is 5.04. The highest BCUT2D eigenvalue weighted by molar-refractivity contribution is 5.77. The van der Waals surface area contributed by atoms with Crippen molar-refractivity contribution in [3.63, 3.8) is 0 Å². The first-order chi connectivity index (χ1) is 8.67. The van der Waals surface area contributed by atoms with Gasteiger partial charge in [0.05, 0.1) is 19.8 Å². The third-order valence-electron chi connectivity index (χ3n) is 2.61. The number of hydrogen-bond donors (Lipinski definition) is 0. The van der Waals surface area contributed by atoms with Crippen molar-refractivity contribution >= 4 is 0 Å². The molecule has 0 fully saturated rings. The molecule has 2 aromatic carbocycles. The lowest BCUT2D eigenvalue weighted by atomic mass is 10.0. The van der Waals surface area contributed by atoms with Crippen LogP contribution < -0.4 is 9.47 Å². The molecule has 18 heavy (non-hydrogen) atoms. The minimum Gasteiger partial charge on any atom is -0.496 e. The molecule has 2 nitrogen and oxygen atoms in total. The fraction of sp³-hybridized carbons (Fsp3) is 0.143. The molecule has 94 valence electrons. The van der Waals surface area contributed by atoms with Gasteiger partial charge in [-0.3, -0.25) is 0 Å². The third kappa shape index (κ3) is 2.14. The molecule has 0 atom stereocenters. The standard InChI is InChI=1S/C14H12F2O2/c1-17-12-7-6-11(16)14(18-2)13(12)9-4-3-5-10(15)8-9/h3-8H,1-2H3. The highest BCUT2D eigenvalue weighted by atomic mass is 19.1. The highest BCUT2D eigenvalue weighted by Gasteiger charge is 2.17. The number of halogens is 2. The van der Waals surface area contributed by atoms with Crippen LogP contribution in [0.3, 0.4) is 0 Å². The van der Waals surface area contributed by atoms with Gasteiger partial charge < -0.3 is 9.47 Å². The van der Waals surface area contributed by atoms with Gasteiger partial charge >= 0.3 is 0 Å². The summed E-state index contributed by atoms with van der Waals surface area (Å²) in [6.07, 6.45) is 0. The minimum atomic E-state index is -0.516. The Bertz CT molecular complexity index is 568. The van der Waals surface area contributed by atoms with E-state index in [4.69, 9.17) is 9.47 Å². The van der Waals surface area contributed by atoms with Crippen molar-refractivity contribution in [3.05, 3.63) is 48.0 Å². The molecule has 0 aromatic heterocycles. The molecular formula is C14H12F2O2. The SMILES string of the molecule is COc1ccc(F)c(OC)c1-c1cccc(F)c1. The number of ether oxygens (including phenoxy) is 2. The number of benzene rings is 2. The fourth-order valence-corrected chi connectivity index (χ4v) is 1.83. The first-order valence-electron chi connectivity index (χ1n) is 5.33. The summed E-state index contributed by atoms with van der Waals surface area (Å²) in [5, 5.41) is 0. The summed E-state index contributed by atoms with van der Waals surface area (Å²) in [5.74, 6) is -0.447. The van der Waals surface area contributed by atoms with E-state index in [2.05, 4.69) is 0 Å². The molecule has 0 radical (unpaired) electrons. The van der Waals surface area contributed by atoms with E-state index in [9.17, 15) is 8.78 Å². The van der Waals surface area contributed by atoms with Crippen LogP contribution in [0.15, 0.2) is 36.4 Å². The van der Waals surface area contributed by atoms with E-state index in [1.807, 2.05) is 0 Å². The molecule has 0 spiro atoms. The van der Waals surface area contributed by atoms with Gasteiger partial charge in [0.1, 0.15) is 11.6 Å². The topological polar surface area (TPSA) is 18.5 Å². The Balaban J connectivity index is 2.71. The third-order valence-corrected chi connectivity index (χ3v) is 2.61. The van der Waals surface area contributed by atoms with Gasteiger partial charge in [-0.05, 0) is 29.8 Å². The van der Waals surface area contributed by atoms with Crippen LogP contribution in [0.5, 0.6) is 11.5 Å². The first-order valence-corrected chi connectivity index (χ1v) is 5.33. The zero-order valence-corrected chi connectivity index (χ0v) is 10.0. The lowest BCUT2D eigenvalue weighted by molar-refractivity contribution is 0.377. The molecule has 0 aliphatic rings. The molecule has 2 rings (SSSR count). The Kier molecular flexibility index (Phi) is 3.46. The van der Waals surface area contributed by atoms with E-state index in [0.29, 0.717) is 16.9 Å². The second-order valence-corrected chi connectivity index (χ2v) is 3.67. The molecule has 0 unspecified atom stereocenters. The van der Waals surface area contributed by atoms with Crippen LogP contribution in [0.1, 0.15) is 0 Å². The van der Waals surface area contributed by atoms with Gasteiger partial charge in [-0.25, -0.2) is 8.78 Å². The molecule has 2 aromatic rings. The molecule has 0 bridgehead atoms. The Morgan fingerprint density at radius 3 is 2.33 bits per heavy atom. The molecular weight excluding hydrogens is 238 g/mol. The molecule has 0 amide bonds. The molecule has 0 saturated heterocycles. The summed E-state index contributed by atoms with van der Waals surface area (Å²) in [4.78, 5) is 0. The predicted octanol–water partition coefficient (Wildman–Crippen LogP) is 3.65. The van der Waals surface area contributed by atoms with Gasteiger partial charge in [-0.1, -0.05) is 12.1 Å². The Hall–Kier alpha value is -2.10. The van der Waals surface area contributed by atoms with Crippen LogP contribution in [0.2, 0.25) is 0 Å². The van der Waals surface area contributed by atoms with Gasteiger partial charge in [0, 0.05) is 0 Å². The Morgan fingerprint density at radius 2 is 1.72 bits per heavy atom. The van der Waals surface area contributed by atoms with E-state index in [1.165, 1.54) is 38.5 Å². The van der Waals surface area contributed by atoms with Crippen LogP contribution in [0, 0.1) is 11.6 Å². The van der Waals surface area contributed by atoms with Crippen molar-refractivity contribution < 1.29 is 18.3 Å². The van der Waals surface area contributed by atoms with Crippen LogP contribution in [-0.2, 0) is 0 Å². The van der Waals surface area contributed by atoms with E-state index < -0.39 is 11.6 Å².